The van der Waals surface area contributed by atoms with E-state index in [9.17, 15) is 10.2 Å². The summed E-state index contributed by atoms with van der Waals surface area (Å²) in [7, 11) is 0. The minimum Gasteiger partial charge on any atom is -0.507 e. The first-order chi connectivity index (χ1) is 39.3. The average Bonchev–Trinajstić information content (AvgIpc) is 4.37. The Bertz CT molecular complexity index is 3870. The number of phenols is 2. The number of hydrogen-bond acceptors (Lipinski definition) is 8. The first kappa shape index (κ1) is 61.5. The van der Waals surface area contributed by atoms with Gasteiger partial charge in [-0.05, 0) is 103 Å². The SMILES string of the molecule is CC(C)(C)c1cc(-c2noc(-c3c(Cl)cccc3Cl)n2)c(O)c(-c2cccc3ccccc23)c1.CC(C)(C)c1cc(-c2noc(-c3c(Cl)cccc3Cl)n2)c(O)c(-c2cccc3ccccc23)c1.[CH2-]c1ccccc1.[CH2-]c1ccccc1.[Zr+2]. The molecule has 414 valence electrons. The summed E-state index contributed by atoms with van der Waals surface area (Å²) < 4.78 is 11.0. The largest absolute Gasteiger partial charge is 2.00 e. The molecule has 0 spiro atoms. The summed E-state index contributed by atoms with van der Waals surface area (Å²) in [5, 5.41) is 37.2. The van der Waals surface area contributed by atoms with Crippen molar-refractivity contribution in [2.75, 3.05) is 0 Å². The number of benzene rings is 10. The van der Waals surface area contributed by atoms with Gasteiger partial charge < -0.3 is 19.3 Å². The summed E-state index contributed by atoms with van der Waals surface area (Å²) in [6, 6.07) is 66.3. The van der Waals surface area contributed by atoms with Crippen LogP contribution in [-0.2, 0) is 37.0 Å². The molecule has 0 aliphatic rings. The number of phenolic OH excluding ortho intramolecular Hbond substituents is 2. The van der Waals surface area contributed by atoms with Crippen LogP contribution >= 0.6 is 46.4 Å². The van der Waals surface area contributed by atoms with E-state index in [1.165, 1.54) is 0 Å². The van der Waals surface area contributed by atoms with Gasteiger partial charge in [-0.3, -0.25) is 0 Å². The number of aromatic nitrogens is 4. The zero-order valence-electron chi connectivity index (χ0n) is 46.6. The van der Waals surface area contributed by atoms with Crippen molar-refractivity contribution in [3.05, 3.63) is 262 Å². The van der Waals surface area contributed by atoms with Gasteiger partial charge in [0.25, 0.3) is 11.8 Å². The van der Waals surface area contributed by atoms with Crippen LogP contribution in [0.25, 0.3) is 89.5 Å². The third-order valence-corrected chi connectivity index (χ3v) is 14.7. The molecule has 2 heterocycles. The van der Waals surface area contributed by atoms with Crippen molar-refractivity contribution in [2.24, 2.45) is 0 Å². The molecular formula is C70H58Cl4N4O4Zr. The molecule has 2 N–H and O–H groups in total. The van der Waals surface area contributed by atoms with Crippen molar-refractivity contribution in [3.8, 4) is 79.4 Å². The Balaban J connectivity index is 0.000000174. The molecule has 8 nitrogen and oxygen atoms in total. The maximum atomic E-state index is 11.5. The standard InChI is InChI=1S/2C28H22Cl2N2O2.2C7H7.Zr/c2*1-28(2,3)17-14-20(19-11-6-9-16-8-4-5-10-18(16)19)25(33)21(15-17)26-31-27(34-32-26)24-22(29)12-7-13-23(24)30;2*1-7-5-3-2-4-6-7;/h2*4-15,33H,1-3H3;2*2-6H,1H2;/q;;2*-1;+2. The van der Waals surface area contributed by atoms with Crippen LogP contribution in [0, 0.1) is 13.8 Å². The molecule has 0 atom stereocenters. The fourth-order valence-corrected chi connectivity index (χ4v) is 10.2. The van der Waals surface area contributed by atoms with Gasteiger partial charge >= 0.3 is 26.2 Å². The Morgan fingerprint density at radius 3 is 1.00 bits per heavy atom. The van der Waals surface area contributed by atoms with Crippen LogP contribution in [0.3, 0.4) is 0 Å². The number of halogens is 4. The van der Waals surface area contributed by atoms with Gasteiger partial charge in [0.2, 0.25) is 11.6 Å². The van der Waals surface area contributed by atoms with E-state index in [-0.39, 0.29) is 72.0 Å². The summed E-state index contributed by atoms with van der Waals surface area (Å²) in [5.74, 6) is 1.08. The topological polar surface area (TPSA) is 118 Å². The van der Waals surface area contributed by atoms with Crippen LogP contribution in [-0.4, -0.2) is 30.5 Å². The van der Waals surface area contributed by atoms with Crippen LogP contribution in [0.15, 0.2) is 215 Å². The second-order valence-electron chi connectivity index (χ2n) is 21.4. The number of rotatable bonds is 6. The zero-order valence-corrected chi connectivity index (χ0v) is 52.0. The van der Waals surface area contributed by atoms with Crippen molar-refractivity contribution in [2.45, 2.75) is 52.4 Å². The van der Waals surface area contributed by atoms with E-state index in [1.54, 1.807) is 36.4 Å². The summed E-state index contributed by atoms with van der Waals surface area (Å²) in [6.45, 7) is 20.2. The van der Waals surface area contributed by atoms with Gasteiger partial charge in [-0.2, -0.15) is 59.2 Å². The van der Waals surface area contributed by atoms with Gasteiger partial charge in [0.05, 0.1) is 42.3 Å². The van der Waals surface area contributed by atoms with Crippen molar-refractivity contribution in [1.82, 2.24) is 20.3 Å². The fraction of sp³-hybridized carbons (Fsp3) is 0.114. The molecular weight excluding hydrogens is 1190 g/mol. The minimum absolute atomic E-state index is 0. The van der Waals surface area contributed by atoms with E-state index in [0.717, 1.165) is 54.9 Å². The van der Waals surface area contributed by atoms with E-state index in [4.69, 9.17) is 55.4 Å². The maximum absolute atomic E-state index is 11.5. The molecule has 10 aromatic carbocycles. The molecule has 0 fully saturated rings. The van der Waals surface area contributed by atoms with Crippen LogP contribution < -0.4 is 0 Å². The molecule has 0 saturated carbocycles. The van der Waals surface area contributed by atoms with E-state index in [0.29, 0.717) is 53.5 Å². The smallest absolute Gasteiger partial charge is 0.507 e. The zero-order chi connectivity index (χ0) is 58.3. The summed E-state index contributed by atoms with van der Waals surface area (Å²) >= 11 is 25.3. The van der Waals surface area contributed by atoms with Crippen molar-refractivity contribution in [1.29, 1.82) is 0 Å². The fourth-order valence-electron chi connectivity index (χ4n) is 9.04. The molecule has 0 radical (unpaired) electrons. The minimum atomic E-state index is -0.180. The predicted molar refractivity (Wildman–Crippen MR) is 339 cm³/mol. The molecule has 0 aliphatic heterocycles. The molecule has 0 bridgehead atoms. The van der Waals surface area contributed by atoms with Gasteiger partial charge in [-0.1, -0.05) is 207 Å². The van der Waals surface area contributed by atoms with E-state index in [1.807, 2.05) is 133 Å². The molecule has 13 heteroatoms. The molecule has 0 unspecified atom stereocenters. The maximum Gasteiger partial charge on any atom is 2.00 e. The molecule has 83 heavy (non-hydrogen) atoms. The average molecular weight is 1250 g/mol. The van der Waals surface area contributed by atoms with Crippen molar-refractivity contribution in [3.63, 3.8) is 0 Å². The van der Waals surface area contributed by atoms with Crippen molar-refractivity contribution < 1.29 is 45.5 Å². The molecule has 2 aromatic heterocycles. The van der Waals surface area contributed by atoms with Crippen LogP contribution in [0.4, 0.5) is 0 Å². The summed E-state index contributed by atoms with van der Waals surface area (Å²) in [6.07, 6.45) is 0. The number of aromatic hydroxyl groups is 2. The Kier molecular flexibility index (Phi) is 19.8. The molecule has 12 aromatic rings. The molecule has 0 saturated heterocycles. The Morgan fingerprint density at radius 1 is 0.373 bits per heavy atom. The Hall–Kier alpha value is -7.62. The second-order valence-corrected chi connectivity index (χ2v) is 23.0. The summed E-state index contributed by atoms with van der Waals surface area (Å²) in [5.41, 5.74) is 9.02. The predicted octanol–water partition coefficient (Wildman–Crippen LogP) is 20.8. The Labute approximate surface area is 523 Å². The van der Waals surface area contributed by atoms with Crippen LogP contribution in [0.5, 0.6) is 11.5 Å². The first-order valence-electron chi connectivity index (χ1n) is 26.3. The number of nitrogens with zero attached hydrogens (tertiary/aromatic N) is 4. The van der Waals surface area contributed by atoms with Gasteiger partial charge in [0.1, 0.15) is 11.5 Å². The summed E-state index contributed by atoms with van der Waals surface area (Å²) in [4.78, 5) is 9.09. The van der Waals surface area contributed by atoms with Gasteiger partial charge in [0.15, 0.2) is 0 Å². The van der Waals surface area contributed by atoms with Gasteiger partial charge in [0, 0.05) is 11.1 Å². The van der Waals surface area contributed by atoms with E-state index >= 15 is 0 Å². The Morgan fingerprint density at radius 2 is 0.675 bits per heavy atom. The van der Waals surface area contributed by atoms with Crippen molar-refractivity contribution >= 4 is 67.9 Å². The molecule has 12 rings (SSSR count). The van der Waals surface area contributed by atoms with E-state index in [2.05, 4.69) is 112 Å². The van der Waals surface area contributed by atoms with Crippen LogP contribution in [0.2, 0.25) is 20.1 Å². The molecule has 0 aliphatic carbocycles. The van der Waals surface area contributed by atoms with Gasteiger partial charge in [-0.25, -0.2) is 0 Å². The number of hydrogen-bond donors (Lipinski definition) is 2. The quantitative estimate of drug-likeness (QED) is 0.158. The van der Waals surface area contributed by atoms with Gasteiger partial charge in [-0.15, -0.1) is 24.3 Å². The normalized spacial score (nSPS) is 11.1. The number of fused-ring (bicyclic) bond motifs is 2. The monoisotopic (exact) mass is 1250 g/mol. The van der Waals surface area contributed by atoms with E-state index < -0.39 is 0 Å². The molecule has 0 amide bonds. The third kappa shape index (κ3) is 14.4. The third-order valence-electron chi connectivity index (χ3n) is 13.5. The second kappa shape index (κ2) is 26.7. The van der Waals surface area contributed by atoms with Crippen LogP contribution in [0.1, 0.15) is 63.8 Å². The first-order valence-corrected chi connectivity index (χ1v) is 27.8.